The van der Waals surface area contributed by atoms with E-state index in [1.165, 1.54) is 12.0 Å². The predicted molar refractivity (Wildman–Crippen MR) is 165 cm³/mol. The fourth-order valence-electron chi connectivity index (χ4n) is 5.42. The van der Waals surface area contributed by atoms with Crippen LogP contribution in [0.4, 0.5) is 0 Å². The van der Waals surface area contributed by atoms with Crippen LogP contribution in [0.3, 0.4) is 0 Å². The van der Waals surface area contributed by atoms with Crippen LogP contribution in [0.5, 0.6) is 0 Å². The standard InChI is InChI=1S/C34H40Cl2N2O2/c1-24(2)27-19-16-25(17-20-27)18-21-33(39)38(23-29-30(35)14-9-15-31(29)36)32(22-26-10-5-3-6-11-26)34(40)37-28-12-7-4-8-13-28/h3,5-6,9-11,14-17,19-20,24,28,32H,4,7-8,12-13,18,21-23H2,1-2H3,(H,37,40)/t32-/m1/s1. The Balaban J connectivity index is 1.62. The van der Waals surface area contributed by atoms with Crippen molar-refractivity contribution in [2.75, 3.05) is 0 Å². The van der Waals surface area contributed by atoms with Crippen LogP contribution in [-0.2, 0) is 29.0 Å². The average molecular weight is 580 g/mol. The highest BCUT2D eigenvalue weighted by molar-refractivity contribution is 6.36. The van der Waals surface area contributed by atoms with Gasteiger partial charge in [0.25, 0.3) is 0 Å². The van der Waals surface area contributed by atoms with Gasteiger partial charge in [0.05, 0.1) is 0 Å². The van der Waals surface area contributed by atoms with Crippen LogP contribution >= 0.6 is 23.2 Å². The fourth-order valence-corrected chi connectivity index (χ4v) is 5.93. The molecule has 0 aromatic heterocycles. The number of hydrogen-bond acceptors (Lipinski definition) is 2. The van der Waals surface area contributed by atoms with Crippen molar-refractivity contribution < 1.29 is 9.59 Å². The highest BCUT2D eigenvalue weighted by atomic mass is 35.5. The second-order valence-corrected chi connectivity index (χ2v) is 12.0. The Morgan fingerprint density at radius 3 is 2.12 bits per heavy atom. The number of halogens is 2. The van der Waals surface area contributed by atoms with Gasteiger partial charge in [0.1, 0.15) is 6.04 Å². The number of hydrogen-bond donors (Lipinski definition) is 1. The van der Waals surface area contributed by atoms with Crippen LogP contribution < -0.4 is 5.32 Å². The van der Waals surface area contributed by atoms with E-state index in [1.54, 1.807) is 23.1 Å². The lowest BCUT2D eigenvalue weighted by Gasteiger charge is -2.34. The minimum Gasteiger partial charge on any atom is -0.352 e. The van der Waals surface area contributed by atoms with Crippen LogP contribution in [0.1, 0.15) is 80.5 Å². The maximum absolute atomic E-state index is 14.0. The molecule has 212 valence electrons. The lowest BCUT2D eigenvalue weighted by Crippen LogP contribution is -2.53. The molecule has 40 heavy (non-hydrogen) atoms. The molecular formula is C34H40Cl2N2O2. The summed E-state index contributed by atoms with van der Waals surface area (Å²) in [6, 6.07) is 23.1. The van der Waals surface area contributed by atoms with Gasteiger partial charge in [-0.3, -0.25) is 9.59 Å². The summed E-state index contributed by atoms with van der Waals surface area (Å²) in [7, 11) is 0. The van der Waals surface area contributed by atoms with E-state index < -0.39 is 6.04 Å². The molecule has 0 saturated heterocycles. The van der Waals surface area contributed by atoms with Crippen LogP contribution in [0, 0.1) is 0 Å². The van der Waals surface area contributed by atoms with Gasteiger partial charge >= 0.3 is 0 Å². The number of nitrogens with zero attached hydrogens (tertiary/aromatic N) is 1. The second-order valence-electron chi connectivity index (χ2n) is 11.2. The molecule has 2 amide bonds. The summed E-state index contributed by atoms with van der Waals surface area (Å²) in [5, 5.41) is 4.25. The molecule has 1 fully saturated rings. The summed E-state index contributed by atoms with van der Waals surface area (Å²) >= 11 is 13.1. The van der Waals surface area contributed by atoms with Crippen molar-refractivity contribution in [3.05, 3.63) is 105 Å². The van der Waals surface area contributed by atoms with Crippen molar-refractivity contribution in [3.63, 3.8) is 0 Å². The average Bonchev–Trinajstić information content (AvgIpc) is 2.96. The van der Waals surface area contributed by atoms with Crippen molar-refractivity contribution >= 4 is 35.0 Å². The third kappa shape index (κ3) is 8.34. The van der Waals surface area contributed by atoms with E-state index in [1.807, 2.05) is 30.3 Å². The molecule has 0 unspecified atom stereocenters. The lowest BCUT2D eigenvalue weighted by molar-refractivity contribution is -0.141. The topological polar surface area (TPSA) is 49.4 Å². The number of amides is 2. The molecule has 0 bridgehead atoms. The SMILES string of the molecule is CC(C)c1ccc(CCC(=O)N(Cc2c(Cl)cccc2Cl)[C@H](Cc2ccccc2)C(=O)NC2CCCCC2)cc1. The zero-order valence-corrected chi connectivity index (χ0v) is 25.1. The smallest absolute Gasteiger partial charge is 0.243 e. The molecule has 0 spiro atoms. The van der Waals surface area contributed by atoms with E-state index >= 15 is 0 Å². The third-order valence-corrected chi connectivity index (χ3v) is 8.59. The van der Waals surface area contributed by atoms with Gasteiger partial charge in [-0.05, 0) is 54.0 Å². The van der Waals surface area contributed by atoms with Gasteiger partial charge in [-0.2, -0.15) is 0 Å². The van der Waals surface area contributed by atoms with Crippen LogP contribution in [-0.4, -0.2) is 28.8 Å². The van der Waals surface area contributed by atoms with E-state index in [-0.39, 0.29) is 30.8 Å². The number of benzene rings is 3. The normalized spacial score (nSPS) is 14.6. The first-order valence-electron chi connectivity index (χ1n) is 14.5. The first-order valence-corrected chi connectivity index (χ1v) is 15.2. The first-order chi connectivity index (χ1) is 19.3. The van der Waals surface area contributed by atoms with Gasteiger partial charge in [0.15, 0.2) is 0 Å². The van der Waals surface area contributed by atoms with E-state index in [0.29, 0.717) is 34.4 Å². The number of nitrogens with one attached hydrogen (secondary N) is 1. The van der Waals surface area contributed by atoms with Crippen LogP contribution in [0.2, 0.25) is 10.0 Å². The summed E-state index contributed by atoms with van der Waals surface area (Å²) in [5.74, 6) is 0.241. The van der Waals surface area contributed by atoms with Crippen molar-refractivity contribution in [2.24, 2.45) is 0 Å². The van der Waals surface area contributed by atoms with E-state index in [0.717, 1.165) is 36.8 Å². The Morgan fingerprint density at radius 2 is 1.50 bits per heavy atom. The third-order valence-electron chi connectivity index (χ3n) is 7.89. The maximum atomic E-state index is 14.0. The molecule has 1 saturated carbocycles. The molecular weight excluding hydrogens is 539 g/mol. The molecule has 1 aliphatic carbocycles. The summed E-state index contributed by atoms with van der Waals surface area (Å²) in [4.78, 5) is 29.6. The van der Waals surface area contributed by atoms with Gasteiger partial charge in [-0.1, -0.05) is 117 Å². The number of rotatable bonds is 11. The molecule has 0 heterocycles. The zero-order chi connectivity index (χ0) is 28.5. The van der Waals surface area contributed by atoms with Gasteiger partial charge in [0, 0.05) is 41.0 Å². The lowest BCUT2D eigenvalue weighted by atomic mass is 9.94. The molecule has 6 heteroatoms. The molecule has 1 N–H and O–H groups in total. The Kier molecular flexibility index (Phi) is 11.1. The van der Waals surface area contributed by atoms with E-state index in [9.17, 15) is 9.59 Å². The van der Waals surface area contributed by atoms with Crippen molar-refractivity contribution in [1.29, 1.82) is 0 Å². The molecule has 4 nitrogen and oxygen atoms in total. The van der Waals surface area contributed by atoms with E-state index in [4.69, 9.17) is 23.2 Å². The molecule has 3 aromatic carbocycles. The Morgan fingerprint density at radius 1 is 0.850 bits per heavy atom. The van der Waals surface area contributed by atoms with Gasteiger partial charge in [-0.25, -0.2) is 0 Å². The number of carbonyl (C=O) groups is 2. The molecule has 0 aliphatic heterocycles. The molecule has 1 atom stereocenters. The summed E-state index contributed by atoms with van der Waals surface area (Å²) < 4.78 is 0. The van der Waals surface area contributed by atoms with E-state index in [2.05, 4.69) is 43.4 Å². The molecule has 3 aromatic rings. The first kappa shape index (κ1) is 30.1. The minimum atomic E-state index is -0.688. The van der Waals surface area contributed by atoms with Gasteiger partial charge in [-0.15, -0.1) is 0 Å². The van der Waals surface area contributed by atoms with Crippen molar-refractivity contribution in [2.45, 2.75) is 89.8 Å². The minimum absolute atomic E-state index is 0.0938. The summed E-state index contributed by atoms with van der Waals surface area (Å²) in [6.45, 7) is 4.50. The summed E-state index contributed by atoms with van der Waals surface area (Å²) in [5.41, 5.74) is 4.02. The predicted octanol–water partition coefficient (Wildman–Crippen LogP) is 8.14. The Labute approximate surface area is 249 Å². The quantitative estimate of drug-likeness (QED) is 0.249. The Hall–Kier alpha value is -2.82. The maximum Gasteiger partial charge on any atom is 0.243 e. The molecule has 4 rings (SSSR count). The highest BCUT2D eigenvalue weighted by Gasteiger charge is 2.32. The monoisotopic (exact) mass is 578 g/mol. The summed E-state index contributed by atoms with van der Waals surface area (Å²) in [6.07, 6.45) is 6.66. The largest absolute Gasteiger partial charge is 0.352 e. The highest BCUT2D eigenvalue weighted by Crippen LogP contribution is 2.28. The Bertz CT molecular complexity index is 1230. The van der Waals surface area contributed by atoms with Gasteiger partial charge < -0.3 is 10.2 Å². The molecule has 1 aliphatic rings. The van der Waals surface area contributed by atoms with Crippen LogP contribution in [0.25, 0.3) is 0 Å². The van der Waals surface area contributed by atoms with Crippen LogP contribution in [0.15, 0.2) is 72.8 Å². The number of carbonyl (C=O) groups excluding carboxylic acids is 2. The van der Waals surface area contributed by atoms with Gasteiger partial charge in [0.2, 0.25) is 11.8 Å². The van der Waals surface area contributed by atoms with Crippen molar-refractivity contribution in [1.82, 2.24) is 10.2 Å². The zero-order valence-electron chi connectivity index (χ0n) is 23.5. The van der Waals surface area contributed by atoms with Crippen molar-refractivity contribution in [3.8, 4) is 0 Å². The molecule has 0 radical (unpaired) electrons. The second kappa shape index (κ2) is 14.7. The number of aryl methyl sites for hydroxylation is 1. The fraction of sp³-hybridized carbons (Fsp3) is 0.412.